The number of rotatable bonds is 8. The van der Waals surface area contributed by atoms with Crippen LogP contribution in [0.2, 0.25) is 0 Å². The Labute approximate surface area is 195 Å². The molecule has 33 heavy (non-hydrogen) atoms. The third-order valence-electron chi connectivity index (χ3n) is 5.57. The molecule has 0 aromatic carbocycles. The maximum absolute atomic E-state index is 12.4. The summed E-state index contributed by atoms with van der Waals surface area (Å²) in [6, 6.07) is 5.58. The first kappa shape index (κ1) is 22.8. The molecule has 1 aliphatic carbocycles. The summed E-state index contributed by atoms with van der Waals surface area (Å²) in [7, 11) is 0. The minimum absolute atomic E-state index is 0.0667. The zero-order valence-electron chi connectivity index (χ0n) is 18.4. The first-order valence-electron chi connectivity index (χ1n) is 10.9. The number of carbonyl (C=O) groups is 2. The number of nitrogens with zero attached hydrogens (tertiary/aromatic N) is 2. The van der Waals surface area contributed by atoms with Crippen molar-refractivity contribution in [1.29, 1.82) is 0 Å². The summed E-state index contributed by atoms with van der Waals surface area (Å²) >= 11 is 1.52. The summed E-state index contributed by atoms with van der Waals surface area (Å²) in [5.74, 6) is 0.838. The van der Waals surface area contributed by atoms with Crippen LogP contribution in [0.25, 0.3) is 0 Å². The molecular weight excluding hydrogens is 442 g/mol. The molecule has 10 heteroatoms. The summed E-state index contributed by atoms with van der Waals surface area (Å²) in [6.45, 7) is 2.38. The maximum atomic E-state index is 12.4. The van der Waals surface area contributed by atoms with Crippen LogP contribution in [0.3, 0.4) is 0 Å². The summed E-state index contributed by atoms with van der Waals surface area (Å²) < 4.78 is 10.4. The van der Waals surface area contributed by atoms with Crippen molar-refractivity contribution in [3.05, 3.63) is 58.1 Å². The smallest absolute Gasteiger partial charge is 0.407 e. The minimum Gasteiger partial charge on any atom is -0.449 e. The van der Waals surface area contributed by atoms with E-state index in [0.717, 1.165) is 35.3 Å². The van der Waals surface area contributed by atoms with E-state index in [4.69, 9.17) is 15.0 Å². The van der Waals surface area contributed by atoms with Gasteiger partial charge in [0.05, 0.1) is 18.8 Å². The second-order valence-corrected chi connectivity index (χ2v) is 9.25. The number of aromatic nitrogens is 2. The molecular formula is C23H27N5O4S. The third-order valence-corrected chi connectivity index (χ3v) is 6.75. The van der Waals surface area contributed by atoms with Gasteiger partial charge in [0.1, 0.15) is 16.5 Å². The van der Waals surface area contributed by atoms with Crippen molar-refractivity contribution >= 4 is 34.0 Å². The van der Waals surface area contributed by atoms with E-state index in [-0.39, 0.29) is 18.4 Å². The van der Waals surface area contributed by atoms with Crippen molar-refractivity contribution in [2.75, 3.05) is 17.7 Å². The third kappa shape index (κ3) is 6.10. The molecule has 0 saturated heterocycles. The lowest BCUT2D eigenvalue weighted by Gasteiger charge is -2.22. The summed E-state index contributed by atoms with van der Waals surface area (Å²) in [5.41, 5.74) is 9.75. The number of fused-ring (bicyclic) bond motifs is 1. The molecule has 3 aromatic rings. The van der Waals surface area contributed by atoms with Gasteiger partial charge in [0.15, 0.2) is 0 Å². The average molecular weight is 470 g/mol. The molecule has 0 fully saturated rings. The topological polar surface area (TPSA) is 132 Å². The van der Waals surface area contributed by atoms with Crippen molar-refractivity contribution in [1.82, 2.24) is 15.5 Å². The second-order valence-electron chi connectivity index (χ2n) is 8.15. The van der Waals surface area contributed by atoms with Crippen LogP contribution in [0.4, 0.5) is 15.5 Å². The molecule has 1 unspecified atom stereocenters. The van der Waals surface area contributed by atoms with E-state index in [1.807, 2.05) is 12.1 Å². The molecule has 3 aromatic heterocycles. The van der Waals surface area contributed by atoms with Crippen LogP contribution < -0.4 is 16.4 Å². The van der Waals surface area contributed by atoms with Crippen molar-refractivity contribution < 1.29 is 18.8 Å². The van der Waals surface area contributed by atoms with Crippen LogP contribution in [0.5, 0.6) is 0 Å². The van der Waals surface area contributed by atoms with E-state index in [9.17, 15) is 9.59 Å². The average Bonchev–Trinajstić information content (AvgIpc) is 3.38. The van der Waals surface area contributed by atoms with Crippen LogP contribution in [0.15, 0.2) is 35.1 Å². The molecule has 2 amide bonds. The van der Waals surface area contributed by atoms with Gasteiger partial charge in [-0.3, -0.25) is 9.78 Å². The number of hydrogen-bond acceptors (Lipinski definition) is 8. The van der Waals surface area contributed by atoms with E-state index in [0.29, 0.717) is 41.6 Å². The predicted molar refractivity (Wildman–Crippen MR) is 125 cm³/mol. The van der Waals surface area contributed by atoms with Crippen molar-refractivity contribution in [2.24, 2.45) is 5.92 Å². The lowest BCUT2D eigenvalue weighted by molar-refractivity contribution is -0.116. The number of pyridine rings is 1. The van der Waals surface area contributed by atoms with Gasteiger partial charge in [-0.2, -0.15) is 0 Å². The molecule has 0 bridgehead atoms. The quantitative estimate of drug-likeness (QED) is 0.459. The highest BCUT2D eigenvalue weighted by atomic mass is 32.1. The molecule has 4 N–H and O–H groups in total. The fourth-order valence-corrected chi connectivity index (χ4v) is 5.11. The lowest BCUT2D eigenvalue weighted by atomic mass is 9.89. The Morgan fingerprint density at radius 2 is 2.27 bits per heavy atom. The molecule has 9 nitrogen and oxygen atoms in total. The normalized spacial score (nSPS) is 15.0. The first-order valence-corrected chi connectivity index (χ1v) is 11.7. The Bertz CT molecular complexity index is 1110. The molecule has 3 heterocycles. The SMILES string of the molecule is Cc1cc(CNC(=O)OCC2CCc3c(sc(NC(=O)CCc4cccnc4)c3N)C2)no1. The summed E-state index contributed by atoms with van der Waals surface area (Å²) in [4.78, 5) is 29.6. The molecule has 174 valence electrons. The van der Waals surface area contributed by atoms with E-state index in [1.54, 1.807) is 25.4 Å². The van der Waals surface area contributed by atoms with Gasteiger partial charge in [0, 0.05) is 29.8 Å². The Kier molecular flexibility index (Phi) is 7.23. The van der Waals surface area contributed by atoms with Gasteiger partial charge in [-0.1, -0.05) is 11.2 Å². The number of anilines is 2. The Balaban J connectivity index is 1.24. The Morgan fingerprint density at radius 3 is 3.03 bits per heavy atom. The number of aryl methyl sites for hydroxylation is 2. The van der Waals surface area contributed by atoms with Crippen molar-refractivity contribution in [2.45, 2.75) is 45.6 Å². The van der Waals surface area contributed by atoms with Gasteiger partial charge in [-0.15, -0.1) is 11.3 Å². The van der Waals surface area contributed by atoms with Gasteiger partial charge in [-0.25, -0.2) is 4.79 Å². The molecule has 0 spiro atoms. The number of carbonyl (C=O) groups excluding carboxylic acids is 2. The molecule has 0 radical (unpaired) electrons. The number of thiophene rings is 1. The Morgan fingerprint density at radius 1 is 1.39 bits per heavy atom. The lowest BCUT2D eigenvalue weighted by Crippen LogP contribution is -2.27. The monoisotopic (exact) mass is 469 g/mol. The number of nitrogen functional groups attached to an aromatic ring is 1. The van der Waals surface area contributed by atoms with Crippen molar-refractivity contribution in [3.8, 4) is 0 Å². The van der Waals surface area contributed by atoms with Gasteiger partial charge >= 0.3 is 6.09 Å². The number of alkyl carbamates (subject to hydrolysis) is 1. The number of nitrogens with one attached hydrogen (secondary N) is 2. The maximum Gasteiger partial charge on any atom is 0.407 e. The van der Waals surface area contributed by atoms with Crippen LogP contribution in [0, 0.1) is 12.8 Å². The fraction of sp³-hybridized carbons (Fsp3) is 0.391. The van der Waals surface area contributed by atoms with Gasteiger partial charge in [0.2, 0.25) is 5.91 Å². The van der Waals surface area contributed by atoms with E-state index in [2.05, 4.69) is 20.8 Å². The minimum atomic E-state index is -0.478. The van der Waals surface area contributed by atoms with E-state index >= 15 is 0 Å². The fourth-order valence-electron chi connectivity index (χ4n) is 3.82. The summed E-state index contributed by atoms with van der Waals surface area (Å²) in [5, 5.41) is 10.2. The Hall–Kier alpha value is -3.40. The number of amides is 2. The predicted octanol–water partition coefficient (Wildman–Crippen LogP) is 3.62. The zero-order chi connectivity index (χ0) is 23.2. The molecule has 1 aliphatic rings. The van der Waals surface area contributed by atoms with Crippen LogP contribution in [-0.4, -0.2) is 28.7 Å². The van der Waals surface area contributed by atoms with E-state index < -0.39 is 6.09 Å². The second kappa shape index (κ2) is 10.5. The molecule has 1 atom stereocenters. The highest BCUT2D eigenvalue weighted by Gasteiger charge is 2.26. The number of ether oxygens (including phenoxy) is 1. The van der Waals surface area contributed by atoms with Crippen LogP contribution in [-0.2, 0) is 35.3 Å². The van der Waals surface area contributed by atoms with Gasteiger partial charge < -0.3 is 25.6 Å². The van der Waals surface area contributed by atoms with Crippen LogP contribution in [0.1, 0.15) is 40.3 Å². The largest absolute Gasteiger partial charge is 0.449 e. The summed E-state index contributed by atoms with van der Waals surface area (Å²) in [6.07, 6.45) is 6.44. The number of nitrogens with two attached hydrogens (primary N) is 1. The highest BCUT2D eigenvalue weighted by molar-refractivity contribution is 7.17. The molecule has 0 aliphatic heterocycles. The van der Waals surface area contributed by atoms with Gasteiger partial charge in [-0.05, 0) is 55.7 Å². The van der Waals surface area contributed by atoms with Gasteiger partial charge in [0.25, 0.3) is 0 Å². The van der Waals surface area contributed by atoms with Crippen molar-refractivity contribution in [3.63, 3.8) is 0 Å². The zero-order valence-corrected chi connectivity index (χ0v) is 19.2. The highest BCUT2D eigenvalue weighted by Crippen LogP contribution is 2.41. The van der Waals surface area contributed by atoms with E-state index in [1.165, 1.54) is 11.3 Å². The first-order chi connectivity index (χ1) is 16.0. The van der Waals surface area contributed by atoms with Crippen LogP contribution >= 0.6 is 11.3 Å². The number of hydrogen-bond donors (Lipinski definition) is 3. The standard InChI is InChI=1S/C23H27N5O4S/c1-14-9-17(28-32-14)12-26-23(30)31-13-16-4-6-18-19(10-16)33-22(21(18)24)27-20(29)7-5-15-3-2-8-25-11-15/h2-3,8-9,11,16H,4-7,10,12-13,24H2,1H3,(H,26,30)(H,27,29). The molecule has 0 saturated carbocycles. The molecule has 4 rings (SSSR count).